The number of thioether (sulfide) groups is 1. The summed E-state index contributed by atoms with van der Waals surface area (Å²) < 4.78 is 12.5. The number of esters is 1. The topological polar surface area (TPSA) is 72.9 Å². The molecule has 4 rings (SSSR count). The number of rotatable bonds is 6. The minimum absolute atomic E-state index is 0.188. The van der Waals surface area contributed by atoms with Crippen LogP contribution in [0.3, 0.4) is 0 Å². The number of hydrogen-bond donors (Lipinski definition) is 0. The number of carbonyl (C=O) groups excluding carboxylic acids is 3. The van der Waals surface area contributed by atoms with E-state index in [0.29, 0.717) is 19.8 Å². The molecule has 0 aliphatic carbocycles. The number of hydrogen-bond acceptors (Lipinski definition) is 6. The zero-order valence-corrected chi connectivity index (χ0v) is 23.4. The molecule has 3 aromatic carbocycles. The van der Waals surface area contributed by atoms with E-state index in [-0.39, 0.29) is 34.0 Å². The van der Waals surface area contributed by atoms with Crippen molar-refractivity contribution in [3.8, 4) is 11.5 Å². The zero-order chi connectivity index (χ0) is 25.1. The normalized spacial score (nSPS) is 14.5. The molecule has 0 unspecified atom stereocenters. The fourth-order valence-electron chi connectivity index (χ4n) is 3.26. The first-order valence-electron chi connectivity index (χ1n) is 10.1. The van der Waals surface area contributed by atoms with E-state index in [2.05, 4.69) is 15.9 Å². The second-order valence-electron chi connectivity index (χ2n) is 7.30. The van der Waals surface area contributed by atoms with Crippen LogP contribution < -0.4 is 9.47 Å². The van der Waals surface area contributed by atoms with Crippen LogP contribution in [0.5, 0.6) is 11.5 Å². The average molecular weight is 685 g/mol. The Kier molecular flexibility index (Phi) is 8.20. The van der Waals surface area contributed by atoms with Crippen LogP contribution in [0.1, 0.15) is 21.5 Å². The van der Waals surface area contributed by atoms with E-state index in [4.69, 9.17) is 21.1 Å². The SMILES string of the molecule is COc1cc(/C=C2\SC(=O)N(Cc3ccc(Br)cc3)C2=O)cc(I)c1OC(=O)c1ccccc1Cl. The molecule has 0 aromatic heterocycles. The van der Waals surface area contributed by atoms with E-state index in [1.165, 1.54) is 12.0 Å². The largest absolute Gasteiger partial charge is 0.493 e. The first kappa shape index (κ1) is 25.7. The van der Waals surface area contributed by atoms with Gasteiger partial charge in [-0.05, 0) is 88.0 Å². The summed E-state index contributed by atoms with van der Waals surface area (Å²) in [5, 5.41) is -0.0573. The van der Waals surface area contributed by atoms with Gasteiger partial charge in [0.15, 0.2) is 11.5 Å². The van der Waals surface area contributed by atoms with Gasteiger partial charge in [-0.3, -0.25) is 14.5 Å². The van der Waals surface area contributed by atoms with Gasteiger partial charge in [0.05, 0.1) is 32.7 Å². The third-order valence-electron chi connectivity index (χ3n) is 4.97. The van der Waals surface area contributed by atoms with Gasteiger partial charge in [-0.1, -0.05) is 51.8 Å². The summed E-state index contributed by atoms with van der Waals surface area (Å²) in [6.45, 7) is 0.188. The Labute approximate surface area is 232 Å². The van der Waals surface area contributed by atoms with E-state index < -0.39 is 5.97 Å². The third kappa shape index (κ3) is 5.91. The van der Waals surface area contributed by atoms with Crippen LogP contribution in [0.25, 0.3) is 6.08 Å². The van der Waals surface area contributed by atoms with Crippen molar-refractivity contribution in [2.45, 2.75) is 6.54 Å². The minimum Gasteiger partial charge on any atom is -0.493 e. The molecule has 0 bridgehead atoms. The van der Waals surface area contributed by atoms with Crippen molar-refractivity contribution in [3.63, 3.8) is 0 Å². The van der Waals surface area contributed by atoms with Gasteiger partial charge in [-0.2, -0.15) is 0 Å². The van der Waals surface area contributed by atoms with Crippen LogP contribution in [0.4, 0.5) is 4.79 Å². The molecule has 1 fully saturated rings. The molecule has 0 spiro atoms. The molecule has 10 heteroatoms. The van der Waals surface area contributed by atoms with Crippen LogP contribution >= 0.6 is 61.9 Å². The Morgan fingerprint density at radius 3 is 2.54 bits per heavy atom. The van der Waals surface area contributed by atoms with Crippen molar-refractivity contribution in [1.29, 1.82) is 0 Å². The quantitative estimate of drug-likeness (QED) is 0.119. The van der Waals surface area contributed by atoms with Crippen LogP contribution in [-0.4, -0.2) is 29.1 Å². The van der Waals surface area contributed by atoms with E-state index >= 15 is 0 Å². The maximum atomic E-state index is 12.9. The van der Waals surface area contributed by atoms with Crippen LogP contribution in [0, 0.1) is 3.57 Å². The van der Waals surface area contributed by atoms with Crippen molar-refractivity contribution >= 4 is 85.1 Å². The zero-order valence-electron chi connectivity index (χ0n) is 18.1. The maximum absolute atomic E-state index is 12.9. The average Bonchev–Trinajstić information content (AvgIpc) is 3.09. The lowest BCUT2D eigenvalue weighted by Gasteiger charge is -2.13. The van der Waals surface area contributed by atoms with E-state index in [9.17, 15) is 14.4 Å². The molecule has 0 atom stereocenters. The molecule has 3 aromatic rings. The van der Waals surface area contributed by atoms with Gasteiger partial charge in [0.25, 0.3) is 11.1 Å². The Hall–Kier alpha value is -2.34. The first-order chi connectivity index (χ1) is 16.8. The van der Waals surface area contributed by atoms with Gasteiger partial charge >= 0.3 is 5.97 Å². The highest BCUT2D eigenvalue weighted by Gasteiger charge is 2.35. The molecule has 1 aliphatic heterocycles. The number of benzene rings is 3. The molecule has 178 valence electrons. The summed E-state index contributed by atoms with van der Waals surface area (Å²) >= 11 is 12.4. The van der Waals surface area contributed by atoms with E-state index in [1.54, 1.807) is 42.5 Å². The second-order valence-corrected chi connectivity index (χ2v) is 10.8. The maximum Gasteiger partial charge on any atom is 0.345 e. The highest BCUT2D eigenvalue weighted by atomic mass is 127. The summed E-state index contributed by atoms with van der Waals surface area (Å²) in [7, 11) is 1.45. The number of halogens is 3. The van der Waals surface area contributed by atoms with Crippen LogP contribution in [0.2, 0.25) is 5.02 Å². The summed E-state index contributed by atoms with van der Waals surface area (Å²) in [5.41, 5.74) is 1.70. The highest BCUT2D eigenvalue weighted by Crippen LogP contribution is 2.38. The Morgan fingerprint density at radius 1 is 1.14 bits per heavy atom. The molecule has 1 saturated heterocycles. The second kappa shape index (κ2) is 11.2. The highest BCUT2D eigenvalue weighted by molar-refractivity contribution is 14.1. The molecule has 6 nitrogen and oxygen atoms in total. The fraction of sp³-hybridized carbons (Fsp3) is 0.0800. The van der Waals surface area contributed by atoms with Crippen LogP contribution in [0.15, 0.2) is 70.0 Å². The molecule has 0 radical (unpaired) electrons. The molecule has 0 N–H and O–H groups in total. The van der Waals surface area contributed by atoms with E-state index in [0.717, 1.165) is 21.8 Å². The summed E-state index contributed by atoms with van der Waals surface area (Å²) in [5.74, 6) is -0.448. The molecular formula is C25H16BrClINO5S. The number of imide groups is 1. The number of carbonyl (C=O) groups is 3. The smallest absolute Gasteiger partial charge is 0.345 e. The van der Waals surface area contributed by atoms with Crippen molar-refractivity contribution in [3.05, 3.63) is 95.3 Å². The lowest BCUT2D eigenvalue weighted by molar-refractivity contribution is -0.123. The lowest BCUT2D eigenvalue weighted by Crippen LogP contribution is -2.27. The summed E-state index contributed by atoms with van der Waals surface area (Å²) in [6.07, 6.45) is 1.62. The minimum atomic E-state index is -0.617. The van der Waals surface area contributed by atoms with Gasteiger partial charge in [0.1, 0.15) is 0 Å². The molecular weight excluding hydrogens is 669 g/mol. The Balaban J connectivity index is 1.57. The standard InChI is InChI=1S/C25H16BrClINO5S/c1-33-20-11-15(10-19(28)22(20)34-24(31)17-4-2-3-5-18(17)27)12-21-23(30)29(25(32)35-21)13-14-6-8-16(26)9-7-14/h2-12H,13H2,1H3/b21-12-. The monoisotopic (exact) mass is 683 g/mol. The lowest BCUT2D eigenvalue weighted by atomic mass is 10.1. The van der Waals surface area contributed by atoms with Gasteiger partial charge in [-0.25, -0.2) is 4.79 Å². The summed E-state index contributed by atoms with van der Waals surface area (Å²) in [4.78, 5) is 39.6. The third-order valence-corrected chi connectivity index (χ3v) is 7.53. The predicted octanol–water partition coefficient (Wildman–Crippen LogP) is 7.17. The van der Waals surface area contributed by atoms with Crippen molar-refractivity contribution < 1.29 is 23.9 Å². The molecule has 1 aliphatic rings. The van der Waals surface area contributed by atoms with Gasteiger partial charge in [0, 0.05) is 4.47 Å². The summed E-state index contributed by atoms with van der Waals surface area (Å²) in [6, 6.07) is 17.4. The molecule has 0 saturated carbocycles. The number of methoxy groups -OCH3 is 1. The number of ether oxygens (including phenoxy) is 2. The van der Waals surface area contributed by atoms with Crippen molar-refractivity contribution in [1.82, 2.24) is 4.90 Å². The molecule has 1 heterocycles. The first-order valence-corrected chi connectivity index (χ1v) is 13.2. The van der Waals surface area contributed by atoms with Gasteiger partial charge in [0.2, 0.25) is 0 Å². The van der Waals surface area contributed by atoms with Crippen molar-refractivity contribution in [2.75, 3.05) is 7.11 Å². The molecule has 2 amide bonds. The van der Waals surface area contributed by atoms with E-state index in [1.807, 2.05) is 46.9 Å². The van der Waals surface area contributed by atoms with Gasteiger partial charge < -0.3 is 9.47 Å². The number of amides is 2. The Morgan fingerprint density at radius 2 is 1.86 bits per heavy atom. The van der Waals surface area contributed by atoms with Crippen molar-refractivity contribution in [2.24, 2.45) is 0 Å². The Bertz CT molecular complexity index is 1360. The fourth-order valence-corrected chi connectivity index (χ4v) is 5.31. The van der Waals surface area contributed by atoms with Crippen LogP contribution in [-0.2, 0) is 11.3 Å². The number of nitrogens with zero attached hydrogens (tertiary/aromatic N) is 1. The predicted molar refractivity (Wildman–Crippen MR) is 148 cm³/mol. The van der Waals surface area contributed by atoms with Gasteiger partial charge in [-0.15, -0.1) is 0 Å². The molecule has 35 heavy (non-hydrogen) atoms.